The lowest BCUT2D eigenvalue weighted by Crippen LogP contribution is -2.39. The van der Waals surface area contributed by atoms with Crippen molar-refractivity contribution in [2.45, 2.75) is 75.7 Å². The molecule has 2 fully saturated rings. The van der Waals surface area contributed by atoms with Crippen LogP contribution in [0.5, 0.6) is 0 Å². The van der Waals surface area contributed by atoms with E-state index in [0.717, 1.165) is 44.9 Å². The van der Waals surface area contributed by atoms with Gasteiger partial charge in [-0.1, -0.05) is 25.7 Å². The predicted octanol–water partition coefficient (Wildman–Crippen LogP) is 3.17. The van der Waals surface area contributed by atoms with Crippen LogP contribution in [0.2, 0.25) is 0 Å². The number of hydrogen-bond donors (Lipinski definition) is 2. The highest BCUT2D eigenvalue weighted by Gasteiger charge is 2.49. The van der Waals surface area contributed by atoms with E-state index in [-0.39, 0.29) is 6.10 Å². The van der Waals surface area contributed by atoms with E-state index in [1.807, 2.05) is 0 Å². The lowest BCUT2D eigenvalue weighted by atomic mass is 9.94. The maximum absolute atomic E-state index is 11.8. The van der Waals surface area contributed by atoms with Gasteiger partial charge in [0.15, 0.2) is 5.34 Å². The minimum absolute atomic E-state index is 0.0643. The molecule has 0 aromatic carbocycles. The summed E-state index contributed by atoms with van der Waals surface area (Å²) in [5.41, 5.74) is 0. The van der Waals surface area contributed by atoms with E-state index in [1.165, 1.54) is 6.42 Å². The van der Waals surface area contributed by atoms with E-state index in [0.29, 0.717) is 12.8 Å². The predicted molar refractivity (Wildman–Crippen MR) is 65.8 cm³/mol. The van der Waals surface area contributed by atoms with Crippen molar-refractivity contribution in [2.24, 2.45) is 0 Å². The van der Waals surface area contributed by atoms with Crippen molar-refractivity contribution < 1.29 is 19.1 Å². The van der Waals surface area contributed by atoms with Crippen molar-refractivity contribution in [3.63, 3.8) is 0 Å². The minimum Gasteiger partial charge on any atom is -0.359 e. The van der Waals surface area contributed by atoms with Crippen LogP contribution in [0.25, 0.3) is 0 Å². The van der Waals surface area contributed by atoms with Crippen molar-refractivity contribution >= 4 is 7.60 Å². The van der Waals surface area contributed by atoms with Gasteiger partial charge in [-0.05, 0) is 38.5 Å². The first-order valence-corrected chi connectivity index (χ1v) is 8.38. The Bertz CT molecular complexity index is 287. The molecular weight excluding hydrogens is 239 g/mol. The van der Waals surface area contributed by atoms with Gasteiger partial charge in [0.05, 0.1) is 6.10 Å². The van der Waals surface area contributed by atoms with Crippen molar-refractivity contribution in [3.05, 3.63) is 0 Å². The topological polar surface area (TPSA) is 66.8 Å². The molecule has 0 spiro atoms. The molecule has 2 saturated carbocycles. The second-order valence-electron chi connectivity index (χ2n) is 5.43. The van der Waals surface area contributed by atoms with Crippen LogP contribution < -0.4 is 0 Å². The van der Waals surface area contributed by atoms with E-state index >= 15 is 0 Å². The van der Waals surface area contributed by atoms with Crippen molar-refractivity contribution in [3.8, 4) is 0 Å². The Hall–Kier alpha value is 0.110. The van der Waals surface area contributed by atoms with E-state index in [9.17, 15) is 14.4 Å². The quantitative estimate of drug-likeness (QED) is 0.766. The lowest BCUT2D eigenvalue weighted by molar-refractivity contribution is -0.0851. The van der Waals surface area contributed by atoms with Gasteiger partial charge in [0.2, 0.25) is 0 Å². The third-order valence-corrected chi connectivity index (χ3v) is 5.72. The van der Waals surface area contributed by atoms with Crippen molar-refractivity contribution in [2.75, 3.05) is 0 Å². The van der Waals surface area contributed by atoms with E-state index in [2.05, 4.69) is 0 Å². The summed E-state index contributed by atoms with van der Waals surface area (Å²) in [7, 11) is -4.16. The molecule has 0 amide bonds. The van der Waals surface area contributed by atoms with Gasteiger partial charge in [0, 0.05) is 0 Å². The molecule has 2 rings (SSSR count). The second-order valence-corrected chi connectivity index (χ2v) is 7.33. The molecule has 0 aromatic rings. The third kappa shape index (κ3) is 3.11. The first-order valence-electron chi connectivity index (χ1n) is 6.77. The summed E-state index contributed by atoms with van der Waals surface area (Å²) in [5.74, 6) is 0. The summed E-state index contributed by atoms with van der Waals surface area (Å²) in [6.07, 6.45) is 9.32. The van der Waals surface area contributed by atoms with Crippen LogP contribution in [0, 0.1) is 0 Å². The Morgan fingerprint density at radius 1 is 0.941 bits per heavy atom. The molecule has 0 unspecified atom stereocenters. The number of ether oxygens (including phenoxy) is 1. The van der Waals surface area contributed by atoms with Gasteiger partial charge in [0.25, 0.3) is 0 Å². The highest BCUT2D eigenvalue weighted by molar-refractivity contribution is 7.53. The lowest BCUT2D eigenvalue weighted by Gasteiger charge is -2.40. The summed E-state index contributed by atoms with van der Waals surface area (Å²) in [4.78, 5) is 19.2. The third-order valence-electron chi connectivity index (χ3n) is 4.10. The molecule has 17 heavy (non-hydrogen) atoms. The first kappa shape index (κ1) is 13.5. The largest absolute Gasteiger partial charge is 0.359 e. The maximum atomic E-state index is 11.8. The Balaban J connectivity index is 2.07. The Labute approximate surface area is 103 Å². The fourth-order valence-corrected chi connectivity index (χ4v) is 4.26. The van der Waals surface area contributed by atoms with Crippen LogP contribution >= 0.6 is 7.60 Å². The molecule has 0 aliphatic heterocycles. The van der Waals surface area contributed by atoms with E-state index in [1.54, 1.807) is 0 Å². The highest BCUT2D eigenvalue weighted by Crippen LogP contribution is 2.59. The molecule has 0 bridgehead atoms. The Morgan fingerprint density at radius 2 is 1.47 bits per heavy atom. The van der Waals surface area contributed by atoms with Crippen LogP contribution in [0.3, 0.4) is 0 Å². The van der Waals surface area contributed by atoms with Gasteiger partial charge in [-0.3, -0.25) is 4.57 Å². The van der Waals surface area contributed by atoms with Crippen LogP contribution in [-0.4, -0.2) is 21.2 Å². The highest BCUT2D eigenvalue weighted by atomic mass is 31.2. The monoisotopic (exact) mass is 262 g/mol. The summed E-state index contributed by atoms with van der Waals surface area (Å²) < 4.78 is 17.7. The molecule has 0 heterocycles. The second kappa shape index (κ2) is 5.40. The fourth-order valence-electron chi connectivity index (χ4n) is 3.08. The van der Waals surface area contributed by atoms with Crippen molar-refractivity contribution in [1.29, 1.82) is 0 Å². The van der Waals surface area contributed by atoms with Crippen LogP contribution in [0.15, 0.2) is 0 Å². The van der Waals surface area contributed by atoms with Crippen molar-refractivity contribution in [1.82, 2.24) is 0 Å². The zero-order valence-electron chi connectivity index (χ0n) is 10.3. The molecule has 2 N–H and O–H groups in total. The Morgan fingerprint density at radius 3 is 2.00 bits per heavy atom. The van der Waals surface area contributed by atoms with Crippen LogP contribution in [0.1, 0.15) is 64.2 Å². The SMILES string of the molecule is O=P(O)(O)C1(OC2CCCCC2)CCCCC1. The van der Waals surface area contributed by atoms with Crippen LogP contribution in [0.4, 0.5) is 0 Å². The number of hydrogen-bond acceptors (Lipinski definition) is 2. The number of rotatable bonds is 3. The van der Waals surface area contributed by atoms with E-state index in [4.69, 9.17) is 4.74 Å². The summed E-state index contributed by atoms with van der Waals surface area (Å²) in [6, 6.07) is 0. The average Bonchev–Trinajstić information content (AvgIpc) is 2.30. The average molecular weight is 262 g/mol. The molecule has 5 heteroatoms. The maximum Gasteiger partial charge on any atom is 0.357 e. The molecule has 0 radical (unpaired) electrons. The summed E-state index contributed by atoms with van der Waals surface area (Å²) in [5, 5.41) is -1.16. The normalized spacial score (nSPS) is 26.9. The molecule has 0 saturated heterocycles. The van der Waals surface area contributed by atoms with Crippen LogP contribution in [-0.2, 0) is 9.30 Å². The molecular formula is C12H23O4P. The van der Waals surface area contributed by atoms with Gasteiger partial charge >= 0.3 is 7.60 Å². The first-order chi connectivity index (χ1) is 8.04. The molecule has 0 aromatic heterocycles. The van der Waals surface area contributed by atoms with Gasteiger partial charge in [-0.2, -0.15) is 0 Å². The van der Waals surface area contributed by atoms with Gasteiger partial charge in [-0.15, -0.1) is 0 Å². The van der Waals surface area contributed by atoms with Gasteiger partial charge in [-0.25, -0.2) is 0 Å². The molecule has 2 aliphatic carbocycles. The Kier molecular flexibility index (Phi) is 4.30. The standard InChI is InChI=1S/C12H23O4P/c13-17(14,15)12(9-5-2-6-10-12)16-11-7-3-1-4-8-11/h11H,1-10H2,(H2,13,14,15). The zero-order chi connectivity index (χ0) is 12.4. The smallest absolute Gasteiger partial charge is 0.357 e. The van der Waals surface area contributed by atoms with E-state index < -0.39 is 12.9 Å². The molecule has 100 valence electrons. The van der Waals surface area contributed by atoms with Gasteiger partial charge < -0.3 is 14.5 Å². The fraction of sp³-hybridized carbons (Fsp3) is 1.00. The molecule has 4 nitrogen and oxygen atoms in total. The summed E-state index contributed by atoms with van der Waals surface area (Å²) >= 11 is 0. The molecule has 0 atom stereocenters. The molecule has 2 aliphatic rings. The zero-order valence-corrected chi connectivity index (χ0v) is 11.2. The minimum atomic E-state index is -4.16. The van der Waals surface area contributed by atoms with Gasteiger partial charge in [0.1, 0.15) is 0 Å². The summed E-state index contributed by atoms with van der Waals surface area (Å²) in [6.45, 7) is 0.